The van der Waals surface area contributed by atoms with Crippen LogP contribution in [0.5, 0.6) is 0 Å². The van der Waals surface area contributed by atoms with Gasteiger partial charge in [0.25, 0.3) is 0 Å². The van der Waals surface area contributed by atoms with Crippen molar-refractivity contribution in [2.75, 3.05) is 0 Å². The van der Waals surface area contributed by atoms with Gasteiger partial charge in [-0.2, -0.15) is 13.2 Å². The van der Waals surface area contributed by atoms with Crippen LogP contribution in [0, 0.1) is 5.82 Å². The standard InChI is InChI=1S/C8H3F4NS/c9-4-1-2-6-5(3-4)13-7(14-6)8(10,11)12/h1-3H. The molecule has 1 heterocycles. The molecule has 0 fully saturated rings. The van der Waals surface area contributed by atoms with E-state index in [4.69, 9.17) is 0 Å². The average Bonchev–Trinajstić information content (AvgIpc) is 2.45. The van der Waals surface area contributed by atoms with Crippen molar-refractivity contribution < 1.29 is 17.6 Å². The van der Waals surface area contributed by atoms with E-state index >= 15 is 0 Å². The van der Waals surface area contributed by atoms with Gasteiger partial charge in [-0.3, -0.25) is 0 Å². The molecule has 0 N–H and O–H groups in total. The summed E-state index contributed by atoms with van der Waals surface area (Å²) in [5.74, 6) is -0.587. The Balaban J connectivity index is 2.63. The molecule has 1 aromatic heterocycles. The Morgan fingerprint density at radius 2 is 1.93 bits per heavy atom. The van der Waals surface area contributed by atoms with Crippen molar-refractivity contribution in [1.29, 1.82) is 0 Å². The van der Waals surface area contributed by atoms with Gasteiger partial charge in [0, 0.05) is 6.07 Å². The SMILES string of the molecule is Fc1ccc2sc(C(F)(F)F)nc2c1. The van der Waals surface area contributed by atoms with Gasteiger partial charge in [-0.1, -0.05) is 0 Å². The molecule has 1 nitrogen and oxygen atoms in total. The first kappa shape index (κ1) is 9.39. The van der Waals surface area contributed by atoms with Crippen LogP contribution in [0.1, 0.15) is 5.01 Å². The van der Waals surface area contributed by atoms with Crippen molar-refractivity contribution in [3.05, 3.63) is 29.0 Å². The summed E-state index contributed by atoms with van der Waals surface area (Å²) in [6.45, 7) is 0. The highest BCUT2D eigenvalue weighted by molar-refractivity contribution is 7.18. The number of rotatable bonds is 0. The molecule has 0 saturated carbocycles. The van der Waals surface area contributed by atoms with Gasteiger partial charge < -0.3 is 0 Å². The van der Waals surface area contributed by atoms with Gasteiger partial charge in [0.05, 0.1) is 10.2 Å². The normalized spacial score (nSPS) is 12.3. The number of thiazole rings is 1. The number of benzene rings is 1. The van der Waals surface area contributed by atoms with E-state index < -0.39 is 17.0 Å². The Morgan fingerprint density at radius 1 is 1.21 bits per heavy atom. The summed E-state index contributed by atoms with van der Waals surface area (Å²) in [5.41, 5.74) is 0.0438. The quantitative estimate of drug-likeness (QED) is 0.621. The van der Waals surface area contributed by atoms with Crippen LogP contribution in [-0.2, 0) is 6.18 Å². The third-order valence-electron chi connectivity index (χ3n) is 1.59. The minimum Gasteiger partial charge on any atom is -0.232 e. The molecule has 0 aliphatic carbocycles. The van der Waals surface area contributed by atoms with Crippen molar-refractivity contribution in [2.45, 2.75) is 6.18 Å². The highest BCUT2D eigenvalue weighted by Crippen LogP contribution is 2.35. The average molecular weight is 221 g/mol. The molecule has 0 atom stereocenters. The Hall–Kier alpha value is -1.17. The van der Waals surface area contributed by atoms with Crippen LogP contribution in [0.25, 0.3) is 10.2 Å². The van der Waals surface area contributed by atoms with Gasteiger partial charge in [0.1, 0.15) is 5.82 Å². The van der Waals surface area contributed by atoms with Crippen LogP contribution >= 0.6 is 11.3 Å². The Kier molecular flexibility index (Phi) is 1.95. The van der Waals surface area contributed by atoms with Crippen molar-refractivity contribution in [3.63, 3.8) is 0 Å². The molecule has 2 aromatic rings. The van der Waals surface area contributed by atoms with Gasteiger partial charge in [0.2, 0.25) is 0 Å². The molecule has 0 saturated heterocycles. The number of nitrogens with zero attached hydrogens (tertiary/aromatic N) is 1. The summed E-state index contributed by atoms with van der Waals surface area (Å²) in [4.78, 5) is 3.30. The zero-order valence-corrected chi connectivity index (χ0v) is 7.42. The van der Waals surface area contributed by atoms with Crippen LogP contribution in [0.2, 0.25) is 0 Å². The number of aromatic nitrogens is 1. The first-order chi connectivity index (χ1) is 6.47. The Bertz CT molecular complexity index is 474. The maximum absolute atomic E-state index is 12.6. The second-order valence-electron chi connectivity index (χ2n) is 2.63. The minimum atomic E-state index is -4.46. The highest BCUT2D eigenvalue weighted by atomic mass is 32.1. The summed E-state index contributed by atoms with van der Waals surface area (Å²) < 4.78 is 49.5. The van der Waals surface area contributed by atoms with Crippen molar-refractivity contribution in [3.8, 4) is 0 Å². The van der Waals surface area contributed by atoms with Crippen LogP contribution < -0.4 is 0 Å². The van der Waals surface area contributed by atoms with Gasteiger partial charge in [0.15, 0.2) is 5.01 Å². The van der Waals surface area contributed by atoms with Crippen molar-refractivity contribution >= 4 is 21.6 Å². The molecule has 0 radical (unpaired) electrons. The fourth-order valence-electron chi connectivity index (χ4n) is 1.02. The fourth-order valence-corrected chi connectivity index (χ4v) is 1.84. The van der Waals surface area contributed by atoms with Crippen molar-refractivity contribution in [2.24, 2.45) is 0 Å². The molecule has 6 heteroatoms. The van der Waals surface area contributed by atoms with Gasteiger partial charge in [-0.15, -0.1) is 11.3 Å². The number of hydrogen-bond acceptors (Lipinski definition) is 2. The smallest absolute Gasteiger partial charge is 0.232 e. The predicted molar refractivity (Wildman–Crippen MR) is 44.6 cm³/mol. The van der Waals surface area contributed by atoms with Crippen LogP contribution in [0.4, 0.5) is 17.6 Å². The maximum atomic E-state index is 12.6. The molecular weight excluding hydrogens is 218 g/mol. The first-order valence-electron chi connectivity index (χ1n) is 3.60. The van der Waals surface area contributed by atoms with E-state index in [9.17, 15) is 17.6 Å². The number of hydrogen-bond donors (Lipinski definition) is 0. The van der Waals surface area contributed by atoms with Gasteiger partial charge >= 0.3 is 6.18 Å². The van der Waals surface area contributed by atoms with Crippen LogP contribution in [0.15, 0.2) is 18.2 Å². The van der Waals surface area contributed by atoms with Gasteiger partial charge in [-0.05, 0) is 12.1 Å². The lowest BCUT2D eigenvalue weighted by molar-refractivity contribution is -0.137. The largest absolute Gasteiger partial charge is 0.443 e. The van der Waals surface area contributed by atoms with Crippen molar-refractivity contribution in [1.82, 2.24) is 4.98 Å². The lowest BCUT2D eigenvalue weighted by Crippen LogP contribution is -2.03. The zero-order chi connectivity index (χ0) is 10.3. The van der Waals surface area contributed by atoms with E-state index in [-0.39, 0.29) is 5.52 Å². The lowest BCUT2D eigenvalue weighted by atomic mass is 10.3. The van der Waals surface area contributed by atoms with E-state index in [2.05, 4.69) is 4.98 Å². The molecule has 1 aromatic carbocycles. The van der Waals surface area contributed by atoms with E-state index in [1.54, 1.807) is 0 Å². The third-order valence-corrected chi connectivity index (χ3v) is 2.67. The van der Waals surface area contributed by atoms with E-state index in [0.29, 0.717) is 16.0 Å². The second-order valence-corrected chi connectivity index (χ2v) is 3.66. The monoisotopic (exact) mass is 221 g/mol. The Labute approximate surface area is 80.0 Å². The lowest BCUT2D eigenvalue weighted by Gasteiger charge is -1.98. The van der Waals surface area contributed by atoms with E-state index in [0.717, 1.165) is 12.1 Å². The Morgan fingerprint density at radius 3 is 2.57 bits per heavy atom. The molecule has 14 heavy (non-hydrogen) atoms. The van der Waals surface area contributed by atoms with Crippen LogP contribution in [0.3, 0.4) is 0 Å². The predicted octanol–water partition coefficient (Wildman–Crippen LogP) is 3.45. The molecule has 0 unspecified atom stereocenters. The van der Waals surface area contributed by atoms with E-state index in [1.165, 1.54) is 6.07 Å². The highest BCUT2D eigenvalue weighted by Gasteiger charge is 2.34. The summed E-state index contributed by atoms with van der Waals surface area (Å²) in [5, 5.41) is -0.946. The summed E-state index contributed by atoms with van der Waals surface area (Å²) in [6, 6.07) is 3.39. The summed E-state index contributed by atoms with van der Waals surface area (Å²) in [6.07, 6.45) is -4.46. The van der Waals surface area contributed by atoms with Crippen LogP contribution in [-0.4, -0.2) is 4.98 Å². The minimum absolute atomic E-state index is 0.0438. The third kappa shape index (κ3) is 1.57. The summed E-state index contributed by atoms with van der Waals surface area (Å²) >= 11 is 0.510. The van der Waals surface area contributed by atoms with Gasteiger partial charge in [-0.25, -0.2) is 9.37 Å². The second kappa shape index (κ2) is 2.91. The molecule has 0 spiro atoms. The molecule has 74 valence electrons. The number of alkyl halides is 3. The maximum Gasteiger partial charge on any atom is 0.443 e. The summed E-state index contributed by atoms with van der Waals surface area (Å²) in [7, 11) is 0. The molecule has 2 rings (SSSR count). The molecule has 0 aliphatic heterocycles. The number of halogens is 4. The molecule has 0 aliphatic rings. The fraction of sp³-hybridized carbons (Fsp3) is 0.125. The molecule has 0 amide bonds. The number of fused-ring (bicyclic) bond motifs is 1. The van der Waals surface area contributed by atoms with E-state index in [1.807, 2.05) is 0 Å². The molecule has 0 bridgehead atoms. The zero-order valence-electron chi connectivity index (χ0n) is 6.60. The first-order valence-corrected chi connectivity index (χ1v) is 4.42. The molecular formula is C8H3F4NS. The topological polar surface area (TPSA) is 12.9 Å².